The normalized spacial score (nSPS) is 29.9. The monoisotopic (exact) mass is 353 g/mol. The first-order valence-corrected chi connectivity index (χ1v) is 9.56. The molecular weight excluding hydrogens is 318 g/mol. The molecule has 6 heteroatoms. The van der Waals surface area contributed by atoms with Gasteiger partial charge in [0.1, 0.15) is 0 Å². The van der Waals surface area contributed by atoms with Gasteiger partial charge in [0, 0.05) is 38.2 Å². The van der Waals surface area contributed by atoms with E-state index in [2.05, 4.69) is 42.9 Å². The zero-order valence-electron chi connectivity index (χ0n) is 16.7. The van der Waals surface area contributed by atoms with Gasteiger partial charge in [0.2, 0.25) is 0 Å². The maximum absolute atomic E-state index is 11.9. The predicted molar refractivity (Wildman–Crippen MR) is 99.6 cm³/mol. The number of rotatable bonds is 5. The zero-order chi connectivity index (χ0) is 18.7. The van der Waals surface area contributed by atoms with Crippen LogP contribution in [0.25, 0.3) is 0 Å². The molecule has 2 aliphatic rings. The van der Waals surface area contributed by atoms with Gasteiger partial charge in [-0.25, -0.2) is 0 Å². The molecule has 2 fully saturated rings. The minimum Gasteiger partial charge on any atom is -0.466 e. The van der Waals surface area contributed by atoms with Crippen LogP contribution in [0.15, 0.2) is 4.99 Å². The van der Waals surface area contributed by atoms with Crippen LogP contribution in [0.2, 0.25) is 0 Å². The van der Waals surface area contributed by atoms with E-state index < -0.39 is 0 Å². The summed E-state index contributed by atoms with van der Waals surface area (Å²) in [6.07, 6.45) is 2.62. The van der Waals surface area contributed by atoms with Crippen molar-refractivity contribution in [2.45, 2.75) is 65.5 Å². The number of piperidine rings is 1. The fraction of sp³-hybridized carbons (Fsp3) is 0.895. The lowest BCUT2D eigenvalue weighted by Gasteiger charge is -2.59. The fourth-order valence-corrected chi connectivity index (χ4v) is 3.85. The number of hydrogen-bond donors (Lipinski definition) is 1. The summed E-state index contributed by atoms with van der Waals surface area (Å²) in [4.78, 5) is 18.9. The van der Waals surface area contributed by atoms with Crippen molar-refractivity contribution in [2.24, 2.45) is 16.3 Å². The standard InChI is InChI=1S/C19H35N3O3/c1-7-20-17(21-15-13-19(5,24-6)18(15,3)4)22-11-9-14(10-12-22)16(23)25-8-2/h14-15H,7-13H2,1-6H3,(H,20,21). The van der Waals surface area contributed by atoms with Crippen LogP contribution in [0.3, 0.4) is 0 Å². The third-order valence-corrected chi connectivity index (χ3v) is 6.30. The minimum absolute atomic E-state index is 0.0241. The lowest BCUT2D eigenvalue weighted by molar-refractivity contribution is -0.177. The second kappa shape index (κ2) is 7.94. The summed E-state index contributed by atoms with van der Waals surface area (Å²) < 4.78 is 10.9. The van der Waals surface area contributed by atoms with Gasteiger partial charge in [-0.3, -0.25) is 9.79 Å². The summed E-state index contributed by atoms with van der Waals surface area (Å²) >= 11 is 0. The molecule has 144 valence electrons. The van der Waals surface area contributed by atoms with Gasteiger partial charge in [-0.15, -0.1) is 0 Å². The first kappa shape index (κ1) is 20.0. The number of nitrogens with one attached hydrogen (secondary N) is 1. The van der Waals surface area contributed by atoms with E-state index >= 15 is 0 Å². The van der Waals surface area contributed by atoms with Gasteiger partial charge in [0.25, 0.3) is 0 Å². The number of carbonyl (C=O) groups excluding carboxylic acids is 1. The molecule has 25 heavy (non-hydrogen) atoms. The Labute approximate surface area is 152 Å². The Bertz CT molecular complexity index is 498. The number of ether oxygens (including phenoxy) is 2. The molecule has 1 heterocycles. The van der Waals surface area contributed by atoms with Crippen LogP contribution >= 0.6 is 0 Å². The molecule has 0 aromatic rings. The maximum Gasteiger partial charge on any atom is 0.309 e. The highest BCUT2D eigenvalue weighted by Crippen LogP contribution is 2.51. The number of likely N-dealkylation sites (tertiary alicyclic amines) is 1. The van der Waals surface area contributed by atoms with Gasteiger partial charge in [0.15, 0.2) is 5.96 Å². The Morgan fingerprint density at radius 1 is 1.24 bits per heavy atom. The molecular formula is C19H35N3O3. The number of guanidine groups is 1. The van der Waals surface area contributed by atoms with Crippen molar-refractivity contribution in [1.82, 2.24) is 10.2 Å². The van der Waals surface area contributed by atoms with Crippen LogP contribution in [0, 0.1) is 11.3 Å². The number of aliphatic imine (C=N–C) groups is 1. The van der Waals surface area contributed by atoms with Crippen molar-refractivity contribution in [3.8, 4) is 0 Å². The van der Waals surface area contributed by atoms with Crippen LogP contribution < -0.4 is 5.32 Å². The molecule has 0 spiro atoms. The van der Waals surface area contributed by atoms with E-state index in [1.54, 1.807) is 7.11 Å². The van der Waals surface area contributed by atoms with Gasteiger partial charge in [-0.1, -0.05) is 13.8 Å². The molecule has 2 rings (SSSR count). The van der Waals surface area contributed by atoms with Crippen molar-refractivity contribution in [3.05, 3.63) is 0 Å². The van der Waals surface area contributed by atoms with E-state index in [-0.39, 0.29) is 22.9 Å². The van der Waals surface area contributed by atoms with Gasteiger partial charge in [0.05, 0.1) is 18.1 Å². The molecule has 0 radical (unpaired) electrons. The molecule has 1 N–H and O–H groups in total. The molecule has 1 aliphatic heterocycles. The topological polar surface area (TPSA) is 63.2 Å². The molecule has 0 amide bonds. The smallest absolute Gasteiger partial charge is 0.309 e. The van der Waals surface area contributed by atoms with Crippen molar-refractivity contribution in [2.75, 3.05) is 33.4 Å². The van der Waals surface area contributed by atoms with Crippen molar-refractivity contribution < 1.29 is 14.3 Å². The molecule has 6 nitrogen and oxygen atoms in total. The lowest BCUT2D eigenvalue weighted by Crippen LogP contribution is -2.69. The summed E-state index contributed by atoms with van der Waals surface area (Å²) in [6, 6.07) is 0.338. The van der Waals surface area contributed by atoms with E-state index in [0.29, 0.717) is 12.6 Å². The van der Waals surface area contributed by atoms with Gasteiger partial charge in [-0.2, -0.15) is 0 Å². The number of esters is 1. The van der Waals surface area contributed by atoms with E-state index in [0.717, 1.165) is 44.9 Å². The molecule has 0 aromatic carbocycles. The summed E-state index contributed by atoms with van der Waals surface area (Å²) in [5, 5.41) is 3.65. The number of hydrogen-bond acceptors (Lipinski definition) is 4. The predicted octanol–water partition coefficient (Wildman–Crippen LogP) is 2.43. The maximum atomic E-state index is 11.9. The summed E-state index contributed by atoms with van der Waals surface area (Å²) in [6.45, 7) is 13.4. The molecule has 2 atom stereocenters. The van der Waals surface area contributed by atoms with Crippen LogP contribution in [0.4, 0.5) is 0 Å². The molecule has 2 unspecified atom stereocenters. The number of carbonyl (C=O) groups is 1. The van der Waals surface area contributed by atoms with Crippen LogP contribution in [0.5, 0.6) is 0 Å². The Balaban J connectivity index is 1.95. The third kappa shape index (κ3) is 3.94. The Morgan fingerprint density at radius 3 is 2.36 bits per heavy atom. The first-order valence-electron chi connectivity index (χ1n) is 9.56. The fourth-order valence-electron chi connectivity index (χ4n) is 3.85. The van der Waals surface area contributed by atoms with E-state index in [1.807, 2.05) is 6.92 Å². The van der Waals surface area contributed by atoms with Gasteiger partial charge >= 0.3 is 5.97 Å². The quantitative estimate of drug-likeness (QED) is 0.467. The second-order valence-corrected chi connectivity index (χ2v) is 7.87. The third-order valence-electron chi connectivity index (χ3n) is 6.30. The van der Waals surface area contributed by atoms with Crippen molar-refractivity contribution in [1.29, 1.82) is 0 Å². The highest BCUT2D eigenvalue weighted by Gasteiger charge is 2.58. The van der Waals surface area contributed by atoms with E-state index in [1.165, 1.54) is 0 Å². The second-order valence-electron chi connectivity index (χ2n) is 7.87. The summed E-state index contributed by atoms with van der Waals surface area (Å²) in [5.41, 5.74) is -0.0571. The molecule has 1 saturated heterocycles. The average Bonchev–Trinajstić information content (AvgIpc) is 2.60. The van der Waals surface area contributed by atoms with Crippen molar-refractivity contribution in [3.63, 3.8) is 0 Å². The molecule has 0 aromatic heterocycles. The molecule has 1 aliphatic carbocycles. The highest BCUT2D eigenvalue weighted by molar-refractivity contribution is 5.81. The SMILES string of the molecule is CCN=C(NC1CC(C)(OC)C1(C)C)N1CCC(C(=O)OCC)CC1. The largest absolute Gasteiger partial charge is 0.466 e. The summed E-state index contributed by atoms with van der Waals surface area (Å²) in [5.74, 6) is 0.928. The van der Waals surface area contributed by atoms with E-state index in [4.69, 9.17) is 9.47 Å². The first-order chi connectivity index (χ1) is 11.8. The molecule has 0 bridgehead atoms. The highest BCUT2D eigenvalue weighted by atomic mass is 16.5. The lowest BCUT2D eigenvalue weighted by atomic mass is 9.56. The Hall–Kier alpha value is -1.30. The minimum atomic E-state index is -0.0983. The Kier molecular flexibility index (Phi) is 6.35. The van der Waals surface area contributed by atoms with Crippen molar-refractivity contribution >= 4 is 11.9 Å². The Morgan fingerprint density at radius 2 is 1.88 bits per heavy atom. The number of nitrogens with zero attached hydrogens (tertiary/aromatic N) is 2. The van der Waals surface area contributed by atoms with Gasteiger partial charge in [-0.05, 0) is 40.0 Å². The number of methoxy groups -OCH3 is 1. The van der Waals surface area contributed by atoms with E-state index in [9.17, 15) is 4.79 Å². The summed E-state index contributed by atoms with van der Waals surface area (Å²) in [7, 11) is 1.79. The van der Waals surface area contributed by atoms with Crippen LogP contribution in [-0.4, -0.2) is 61.8 Å². The molecule has 1 saturated carbocycles. The van der Waals surface area contributed by atoms with Crippen LogP contribution in [-0.2, 0) is 14.3 Å². The van der Waals surface area contributed by atoms with Gasteiger partial charge < -0.3 is 19.7 Å². The van der Waals surface area contributed by atoms with Crippen LogP contribution in [0.1, 0.15) is 53.9 Å². The zero-order valence-corrected chi connectivity index (χ0v) is 16.7. The average molecular weight is 354 g/mol.